The number of hydrogen-bond donors (Lipinski definition) is 0. The third kappa shape index (κ3) is 2.78. The summed E-state index contributed by atoms with van der Waals surface area (Å²) in [5.41, 5.74) is 2.02. The lowest BCUT2D eigenvalue weighted by molar-refractivity contribution is -0.0763. The summed E-state index contributed by atoms with van der Waals surface area (Å²) >= 11 is 6.13. The van der Waals surface area contributed by atoms with Crippen molar-refractivity contribution in [3.8, 4) is 5.75 Å². The van der Waals surface area contributed by atoms with Crippen LogP contribution in [-0.2, 0) is 11.2 Å². The summed E-state index contributed by atoms with van der Waals surface area (Å²) in [5.74, 6) is 0.862. The number of pyridine rings is 1. The minimum atomic E-state index is 0.00248. The van der Waals surface area contributed by atoms with Gasteiger partial charge in [-0.3, -0.25) is 4.98 Å². The Bertz CT molecular complexity index is 411. The summed E-state index contributed by atoms with van der Waals surface area (Å²) < 4.78 is 11.6. The number of ether oxygens (including phenoxy) is 2. The normalized spacial score (nSPS) is 26.8. The maximum atomic E-state index is 6.13. The summed E-state index contributed by atoms with van der Waals surface area (Å²) in [6.07, 6.45) is 1.77. The minimum Gasteiger partial charge on any atom is -0.486 e. The molecule has 100 valence electrons. The minimum absolute atomic E-state index is 0.00248. The van der Waals surface area contributed by atoms with E-state index in [1.54, 1.807) is 0 Å². The van der Waals surface area contributed by atoms with Gasteiger partial charge < -0.3 is 9.47 Å². The first kappa shape index (κ1) is 13.6. The molecular formula is C14H20ClNO2. The van der Waals surface area contributed by atoms with Crippen LogP contribution in [-0.4, -0.2) is 29.2 Å². The molecule has 1 aromatic heterocycles. The molecule has 0 spiro atoms. The number of nitrogens with zero attached hydrogens (tertiary/aromatic N) is 1. The van der Waals surface area contributed by atoms with E-state index in [0.717, 1.165) is 30.0 Å². The molecule has 1 fully saturated rings. The van der Waals surface area contributed by atoms with Crippen LogP contribution in [0.1, 0.15) is 31.7 Å². The van der Waals surface area contributed by atoms with Gasteiger partial charge >= 0.3 is 0 Å². The zero-order valence-corrected chi connectivity index (χ0v) is 11.9. The molecule has 0 radical (unpaired) electrons. The van der Waals surface area contributed by atoms with Gasteiger partial charge in [0, 0.05) is 18.7 Å². The average Bonchev–Trinajstić information content (AvgIpc) is 2.37. The second-order valence-corrected chi connectivity index (χ2v) is 5.14. The zero-order valence-electron chi connectivity index (χ0n) is 11.1. The molecule has 4 heteroatoms. The smallest absolute Gasteiger partial charge is 0.141 e. The topological polar surface area (TPSA) is 31.4 Å². The molecule has 1 aliphatic rings. The Morgan fingerprint density at radius 1 is 1.39 bits per heavy atom. The lowest BCUT2D eigenvalue weighted by atomic mass is 9.91. The fraction of sp³-hybridized carbons (Fsp3) is 0.643. The first-order chi connectivity index (χ1) is 8.65. The van der Waals surface area contributed by atoms with Gasteiger partial charge in [-0.15, -0.1) is 11.6 Å². The molecule has 0 aliphatic heterocycles. The summed E-state index contributed by atoms with van der Waals surface area (Å²) in [6.45, 7) is 6.72. The maximum absolute atomic E-state index is 6.13. The van der Waals surface area contributed by atoms with Gasteiger partial charge in [0.1, 0.15) is 18.0 Å². The molecular weight excluding hydrogens is 250 g/mol. The molecule has 3 atom stereocenters. The van der Waals surface area contributed by atoms with Crippen molar-refractivity contribution >= 4 is 11.6 Å². The largest absolute Gasteiger partial charge is 0.486 e. The van der Waals surface area contributed by atoms with Crippen molar-refractivity contribution in [1.29, 1.82) is 0 Å². The van der Waals surface area contributed by atoms with Crippen molar-refractivity contribution in [2.24, 2.45) is 0 Å². The van der Waals surface area contributed by atoms with E-state index >= 15 is 0 Å². The van der Waals surface area contributed by atoms with Gasteiger partial charge in [-0.2, -0.15) is 0 Å². The highest BCUT2D eigenvalue weighted by Crippen LogP contribution is 2.33. The SMILES string of the molecule is CCOC1C(Cl)CC1Oc1ccc(C)nc1CC. The Morgan fingerprint density at radius 3 is 2.78 bits per heavy atom. The molecule has 0 N–H and O–H groups in total. The third-order valence-corrected chi connectivity index (χ3v) is 3.65. The molecule has 18 heavy (non-hydrogen) atoms. The van der Waals surface area contributed by atoms with E-state index < -0.39 is 0 Å². The number of aryl methyl sites for hydroxylation is 2. The van der Waals surface area contributed by atoms with Crippen LogP contribution in [0.3, 0.4) is 0 Å². The van der Waals surface area contributed by atoms with Crippen LogP contribution in [0.2, 0.25) is 0 Å². The van der Waals surface area contributed by atoms with Gasteiger partial charge in [-0.05, 0) is 32.4 Å². The van der Waals surface area contributed by atoms with Crippen LogP contribution in [0.4, 0.5) is 0 Å². The van der Waals surface area contributed by atoms with Crippen LogP contribution in [0.15, 0.2) is 12.1 Å². The molecule has 0 bridgehead atoms. The number of halogens is 1. The van der Waals surface area contributed by atoms with E-state index in [-0.39, 0.29) is 17.6 Å². The fourth-order valence-corrected chi connectivity index (χ4v) is 2.58. The van der Waals surface area contributed by atoms with Gasteiger partial charge in [-0.1, -0.05) is 6.92 Å². The van der Waals surface area contributed by atoms with Crippen molar-refractivity contribution in [3.05, 3.63) is 23.5 Å². The molecule has 2 rings (SSSR count). The molecule has 1 aromatic rings. The number of hydrogen-bond acceptors (Lipinski definition) is 3. The highest BCUT2D eigenvalue weighted by atomic mass is 35.5. The summed E-state index contributed by atoms with van der Waals surface area (Å²) in [7, 11) is 0. The Balaban J connectivity index is 2.05. The molecule has 1 aliphatic carbocycles. The van der Waals surface area contributed by atoms with Crippen molar-refractivity contribution in [1.82, 2.24) is 4.98 Å². The molecule has 1 heterocycles. The maximum Gasteiger partial charge on any atom is 0.141 e. The molecule has 0 aromatic carbocycles. The van der Waals surface area contributed by atoms with Gasteiger partial charge in [-0.25, -0.2) is 0 Å². The van der Waals surface area contributed by atoms with E-state index in [1.807, 2.05) is 26.0 Å². The summed E-state index contributed by atoms with van der Waals surface area (Å²) in [5, 5.41) is 0.0680. The van der Waals surface area contributed by atoms with Crippen LogP contribution < -0.4 is 4.74 Å². The predicted octanol–water partition coefficient (Wildman–Crippen LogP) is 3.12. The molecule has 1 saturated carbocycles. The number of aromatic nitrogens is 1. The molecule has 0 amide bonds. The van der Waals surface area contributed by atoms with Crippen LogP contribution in [0.25, 0.3) is 0 Å². The monoisotopic (exact) mass is 269 g/mol. The highest BCUT2D eigenvalue weighted by Gasteiger charge is 2.42. The second-order valence-electron chi connectivity index (χ2n) is 4.58. The summed E-state index contributed by atoms with van der Waals surface area (Å²) in [4.78, 5) is 4.49. The zero-order chi connectivity index (χ0) is 13.1. The highest BCUT2D eigenvalue weighted by molar-refractivity contribution is 6.21. The first-order valence-electron chi connectivity index (χ1n) is 6.54. The van der Waals surface area contributed by atoms with E-state index in [1.165, 1.54) is 0 Å². The van der Waals surface area contributed by atoms with Gasteiger partial charge in [0.25, 0.3) is 0 Å². The van der Waals surface area contributed by atoms with E-state index in [4.69, 9.17) is 21.1 Å². The quantitative estimate of drug-likeness (QED) is 0.770. The fourth-order valence-electron chi connectivity index (χ4n) is 2.17. The Morgan fingerprint density at radius 2 is 2.17 bits per heavy atom. The van der Waals surface area contributed by atoms with Crippen molar-refractivity contribution in [2.45, 2.75) is 51.2 Å². The Kier molecular flexibility index (Phi) is 4.46. The average molecular weight is 270 g/mol. The van der Waals surface area contributed by atoms with Gasteiger partial charge in [0.05, 0.1) is 11.1 Å². The van der Waals surface area contributed by atoms with E-state index in [0.29, 0.717) is 6.61 Å². The lowest BCUT2D eigenvalue weighted by Gasteiger charge is -2.40. The van der Waals surface area contributed by atoms with Crippen LogP contribution in [0, 0.1) is 6.92 Å². The molecule has 3 unspecified atom stereocenters. The summed E-state index contributed by atoms with van der Waals surface area (Å²) in [6, 6.07) is 3.97. The van der Waals surface area contributed by atoms with Crippen molar-refractivity contribution < 1.29 is 9.47 Å². The van der Waals surface area contributed by atoms with Crippen LogP contribution in [0.5, 0.6) is 5.75 Å². The first-order valence-corrected chi connectivity index (χ1v) is 6.98. The molecule has 3 nitrogen and oxygen atoms in total. The van der Waals surface area contributed by atoms with E-state index in [2.05, 4.69) is 11.9 Å². The number of rotatable bonds is 5. The van der Waals surface area contributed by atoms with E-state index in [9.17, 15) is 0 Å². The van der Waals surface area contributed by atoms with Crippen molar-refractivity contribution in [2.75, 3.05) is 6.61 Å². The standard InChI is InChI=1S/C14H20ClNO2/c1-4-11-12(7-6-9(3)16-11)18-13-8-10(15)14(13)17-5-2/h6-7,10,13-14H,4-5,8H2,1-3H3. The third-order valence-electron chi connectivity index (χ3n) is 3.22. The second kappa shape index (κ2) is 5.89. The lowest BCUT2D eigenvalue weighted by Crippen LogP contribution is -2.52. The Labute approximate surface area is 113 Å². The molecule has 0 saturated heterocycles. The Hall–Kier alpha value is -0.800. The van der Waals surface area contributed by atoms with Crippen LogP contribution >= 0.6 is 11.6 Å². The van der Waals surface area contributed by atoms with Gasteiger partial charge in [0.15, 0.2) is 0 Å². The predicted molar refractivity (Wildman–Crippen MR) is 72.4 cm³/mol. The van der Waals surface area contributed by atoms with Crippen molar-refractivity contribution in [3.63, 3.8) is 0 Å². The number of alkyl halides is 1. The van der Waals surface area contributed by atoms with Gasteiger partial charge in [0.2, 0.25) is 0 Å².